The van der Waals surface area contributed by atoms with Gasteiger partial charge in [0.05, 0.1) is 7.11 Å². The van der Waals surface area contributed by atoms with Crippen LogP contribution >= 0.6 is 0 Å². The van der Waals surface area contributed by atoms with Crippen LogP contribution in [0, 0.1) is 5.92 Å². The fraction of sp³-hybridized carbons (Fsp3) is 0.643. The Balaban J connectivity index is 1.77. The molecule has 5 nitrogen and oxygen atoms in total. The van der Waals surface area contributed by atoms with Crippen LogP contribution in [0.25, 0.3) is 0 Å². The number of carbonyl (C=O) groups excluding carboxylic acids is 1. The van der Waals surface area contributed by atoms with Gasteiger partial charge in [0.15, 0.2) is 11.5 Å². The molecule has 1 saturated heterocycles. The maximum Gasteiger partial charge on any atom is 0.358 e. The third-order valence-electron chi connectivity index (χ3n) is 4.35. The van der Waals surface area contributed by atoms with Crippen LogP contribution in [0.2, 0.25) is 0 Å². The highest BCUT2D eigenvalue weighted by atomic mass is 16.5. The van der Waals surface area contributed by atoms with Crippen LogP contribution < -0.4 is 4.90 Å². The zero-order chi connectivity index (χ0) is 13.2. The molecule has 0 unspecified atom stereocenters. The maximum absolute atomic E-state index is 11.3. The average molecular weight is 261 g/mol. The molecule has 2 fully saturated rings. The van der Waals surface area contributed by atoms with Gasteiger partial charge < -0.3 is 9.64 Å². The molecule has 1 aromatic rings. The zero-order valence-electron chi connectivity index (χ0n) is 11.2. The molecule has 0 amide bonds. The van der Waals surface area contributed by atoms with E-state index in [2.05, 4.69) is 19.8 Å². The van der Waals surface area contributed by atoms with Gasteiger partial charge in [-0.15, -0.1) is 10.2 Å². The second-order valence-electron chi connectivity index (χ2n) is 5.36. The highest BCUT2D eigenvalue weighted by molar-refractivity contribution is 5.86. The Kier molecular flexibility index (Phi) is 3.36. The van der Waals surface area contributed by atoms with Crippen LogP contribution in [0.15, 0.2) is 12.1 Å². The van der Waals surface area contributed by atoms with Crippen molar-refractivity contribution in [3.05, 3.63) is 17.8 Å². The molecule has 102 valence electrons. The molecule has 1 saturated carbocycles. The fourth-order valence-corrected chi connectivity index (χ4v) is 3.38. The molecule has 0 bridgehead atoms. The molecule has 0 aromatic carbocycles. The van der Waals surface area contributed by atoms with Crippen molar-refractivity contribution in [1.82, 2.24) is 10.2 Å². The van der Waals surface area contributed by atoms with Crippen molar-refractivity contribution in [3.63, 3.8) is 0 Å². The van der Waals surface area contributed by atoms with E-state index in [1.54, 1.807) is 6.07 Å². The van der Waals surface area contributed by atoms with E-state index in [0.29, 0.717) is 6.04 Å². The second-order valence-corrected chi connectivity index (χ2v) is 5.36. The Hall–Kier alpha value is -1.65. The van der Waals surface area contributed by atoms with Gasteiger partial charge in [0, 0.05) is 12.6 Å². The molecule has 3 rings (SSSR count). The fourth-order valence-electron chi connectivity index (χ4n) is 3.38. The van der Waals surface area contributed by atoms with E-state index < -0.39 is 5.97 Å². The Bertz CT molecular complexity index is 460. The molecule has 5 heteroatoms. The molecule has 2 heterocycles. The minimum Gasteiger partial charge on any atom is -0.464 e. The summed E-state index contributed by atoms with van der Waals surface area (Å²) in [5.41, 5.74) is 0.269. The van der Waals surface area contributed by atoms with E-state index in [1.165, 1.54) is 39.2 Å². The van der Waals surface area contributed by atoms with Crippen LogP contribution in [0.5, 0.6) is 0 Å². The SMILES string of the molecule is COC(=O)c1ccc(N2CC[C@@H]3CCCC[C@H]32)nn1. The first-order valence-corrected chi connectivity index (χ1v) is 6.98. The second kappa shape index (κ2) is 5.15. The molecule has 2 aliphatic rings. The summed E-state index contributed by atoms with van der Waals surface area (Å²) in [5, 5.41) is 8.16. The number of hydrogen-bond donors (Lipinski definition) is 0. The highest BCUT2D eigenvalue weighted by Gasteiger charge is 2.36. The minimum absolute atomic E-state index is 0.269. The molecular weight excluding hydrogens is 242 g/mol. The van der Waals surface area contributed by atoms with Gasteiger partial charge in [0.25, 0.3) is 0 Å². The number of aromatic nitrogens is 2. The van der Waals surface area contributed by atoms with Gasteiger partial charge >= 0.3 is 5.97 Å². The number of ether oxygens (including phenoxy) is 1. The van der Waals surface area contributed by atoms with Gasteiger partial charge in [-0.1, -0.05) is 12.8 Å². The Morgan fingerprint density at radius 3 is 2.84 bits per heavy atom. The predicted molar refractivity (Wildman–Crippen MR) is 71.1 cm³/mol. The topological polar surface area (TPSA) is 55.3 Å². The first-order chi connectivity index (χ1) is 9.29. The lowest BCUT2D eigenvalue weighted by atomic mass is 9.85. The van der Waals surface area contributed by atoms with Gasteiger partial charge in [-0.2, -0.15) is 0 Å². The molecule has 1 aliphatic heterocycles. The van der Waals surface area contributed by atoms with E-state index in [4.69, 9.17) is 0 Å². The minimum atomic E-state index is -0.434. The number of anilines is 1. The van der Waals surface area contributed by atoms with Crippen molar-refractivity contribution >= 4 is 11.8 Å². The van der Waals surface area contributed by atoms with Crippen molar-refractivity contribution < 1.29 is 9.53 Å². The van der Waals surface area contributed by atoms with Gasteiger partial charge in [0.2, 0.25) is 0 Å². The number of hydrogen-bond acceptors (Lipinski definition) is 5. The van der Waals surface area contributed by atoms with Gasteiger partial charge in [-0.05, 0) is 37.3 Å². The number of rotatable bonds is 2. The number of nitrogens with zero attached hydrogens (tertiary/aromatic N) is 3. The summed E-state index contributed by atoms with van der Waals surface area (Å²) in [6, 6.07) is 4.20. The van der Waals surface area contributed by atoms with E-state index in [1.807, 2.05) is 6.07 Å². The van der Waals surface area contributed by atoms with E-state index in [9.17, 15) is 4.79 Å². The average Bonchev–Trinajstić information content (AvgIpc) is 2.90. The standard InChI is InChI=1S/C14H19N3O2/c1-19-14(18)11-6-7-13(16-15-11)17-9-8-10-4-2-3-5-12(10)17/h6-7,10,12H,2-5,8-9H2,1H3/t10-,12+/m0/s1. The summed E-state index contributed by atoms with van der Waals surface area (Å²) in [6.45, 7) is 1.06. The summed E-state index contributed by atoms with van der Waals surface area (Å²) in [5.74, 6) is 1.27. The molecule has 1 aliphatic carbocycles. The van der Waals surface area contributed by atoms with Crippen LogP contribution in [0.1, 0.15) is 42.6 Å². The third-order valence-corrected chi connectivity index (χ3v) is 4.35. The van der Waals surface area contributed by atoms with Crippen molar-refractivity contribution in [3.8, 4) is 0 Å². The monoisotopic (exact) mass is 261 g/mol. The predicted octanol–water partition coefficient (Wildman–Crippen LogP) is 2.03. The summed E-state index contributed by atoms with van der Waals surface area (Å²) in [6.07, 6.45) is 6.53. The summed E-state index contributed by atoms with van der Waals surface area (Å²) in [7, 11) is 1.35. The van der Waals surface area contributed by atoms with E-state index >= 15 is 0 Å². The largest absolute Gasteiger partial charge is 0.464 e. The molecule has 0 N–H and O–H groups in total. The van der Waals surface area contributed by atoms with Crippen LogP contribution in [-0.4, -0.2) is 35.9 Å². The van der Waals surface area contributed by atoms with Crippen molar-refractivity contribution in [1.29, 1.82) is 0 Å². The Morgan fingerprint density at radius 1 is 1.26 bits per heavy atom. The Morgan fingerprint density at radius 2 is 2.11 bits per heavy atom. The Labute approximate surface area is 113 Å². The number of fused-ring (bicyclic) bond motifs is 1. The summed E-state index contributed by atoms with van der Waals surface area (Å²) < 4.78 is 4.63. The molecule has 19 heavy (non-hydrogen) atoms. The zero-order valence-corrected chi connectivity index (χ0v) is 11.2. The van der Waals surface area contributed by atoms with Crippen LogP contribution in [-0.2, 0) is 4.74 Å². The van der Waals surface area contributed by atoms with Crippen molar-refractivity contribution in [2.24, 2.45) is 5.92 Å². The maximum atomic E-state index is 11.3. The van der Waals surface area contributed by atoms with Crippen molar-refractivity contribution in [2.75, 3.05) is 18.6 Å². The summed E-state index contributed by atoms with van der Waals surface area (Å²) in [4.78, 5) is 13.7. The first kappa shape index (κ1) is 12.4. The lowest BCUT2D eigenvalue weighted by molar-refractivity contribution is 0.0592. The normalized spacial score (nSPS) is 26.1. The smallest absolute Gasteiger partial charge is 0.358 e. The van der Waals surface area contributed by atoms with Crippen LogP contribution in [0.4, 0.5) is 5.82 Å². The molecular formula is C14H19N3O2. The quantitative estimate of drug-likeness (QED) is 0.762. The molecule has 0 radical (unpaired) electrons. The first-order valence-electron chi connectivity index (χ1n) is 6.98. The van der Waals surface area contributed by atoms with Gasteiger partial charge in [-0.25, -0.2) is 4.79 Å². The lowest BCUT2D eigenvalue weighted by Gasteiger charge is -2.32. The lowest BCUT2D eigenvalue weighted by Crippen LogP contribution is -2.35. The van der Waals surface area contributed by atoms with E-state index in [-0.39, 0.29) is 5.69 Å². The van der Waals surface area contributed by atoms with Gasteiger partial charge in [0.1, 0.15) is 0 Å². The van der Waals surface area contributed by atoms with Gasteiger partial charge in [-0.3, -0.25) is 0 Å². The molecule has 0 spiro atoms. The van der Waals surface area contributed by atoms with E-state index in [0.717, 1.165) is 18.3 Å². The number of methoxy groups -OCH3 is 1. The highest BCUT2D eigenvalue weighted by Crippen LogP contribution is 2.37. The number of esters is 1. The third kappa shape index (κ3) is 2.29. The van der Waals surface area contributed by atoms with Crippen molar-refractivity contribution in [2.45, 2.75) is 38.1 Å². The summed E-state index contributed by atoms with van der Waals surface area (Å²) >= 11 is 0. The van der Waals surface area contributed by atoms with Crippen LogP contribution in [0.3, 0.4) is 0 Å². The molecule has 1 aromatic heterocycles. The molecule has 2 atom stereocenters. The number of carbonyl (C=O) groups is 1.